The Kier molecular flexibility index (Phi) is 7.19. The molecule has 1 rings (SSSR count). The van der Waals surface area contributed by atoms with Gasteiger partial charge in [0, 0.05) is 25.4 Å². The SMILES string of the molecule is CCC1CCCCCN1C(=O)NC(=O)CC(C)CC(=O)O. The summed E-state index contributed by atoms with van der Waals surface area (Å²) in [6.45, 7) is 4.42. The zero-order valence-corrected chi connectivity index (χ0v) is 12.9. The number of carbonyl (C=O) groups excluding carboxylic acids is 2. The van der Waals surface area contributed by atoms with Gasteiger partial charge in [-0.25, -0.2) is 4.79 Å². The van der Waals surface area contributed by atoms with E-state index in [1.807, 2.05) is 6.92 Å². The highest BCUT2D eigenvalue weighted by Gasteiger charge is 2.25. The average Bonchev–Trinajstić information content (AvgIpc) is 2.61. The van der Waals surface area contributed by atoms with Gasteiger partial charge in [0.05, 0.1) is 0 Å². The number of carboxylic acids is 1. The Balaban J connectivity index is 2.50. The summed E-state index contributed by atoms with van der Waals surface area (Å²) in [5.41, 5.74) is 0. The highest BCUT2D eigenvalue weighted by molar-refractivity contribution is 5.94. The van der Waals surface area contributed by atoms with Crippen LogP contribution in [0.25, 0.3) is 0 Å². The number of imide groups is 1. The van der Waals surface area contributed by atoms with Gasteiger partial charge in [-0.3, -0.25) is 14.9 Å². The first-order valence-electron chi connectivity index (χ1n) is 7.76. The van der Waals surface area contributed by atoms with Crippen LogP contribution in [0.1, 0.15) is 58.8 Å². The lowest BCUT2D eigenvalue weighted by atomic mass is 10.0. The third-order valence-corrected chi connectivity index (χ3v) is 3.91. The normalized spacial score (nSPS) is 20.5. The van der Waals surface area contributed by atoms with E-state index in [9.17, 15) is 14.4 Å². The molecule has 1 heterocycles. The Morgan fingerprint density at radius 3 is 2.57 bits per heavy atom. The quantitative estimate of drug-likeness (QED) is 0.816. The van der Waals surface area contributed by atoms with Crippen LogP contribution in [-0.2, 0) is 9.59 Å². The van der Waals surface area contributed by atoms with Crippen molar-refractivity contribution in [3.63, 3.8) is 0 Å². The van der Waals surface area contributed by atoms with E-state index in [4.69, 9.17) is 5.11 Å². The fraction of sp³-hybridized carbons (Fsp3) is 0.800. The van der Waals surface area contributed by atoms with Gasteiger partial charge < -0.3 is 10.0 Å². The second kappa shape index (κ2) is 8.64. The smallest absolute Gasteiger partial charge is 0.324 e. The van der Waals surface area contributed by atoms with Gasteiger partial charge in [0.15, 0.2) is 0 Å². The molecule has 0 saturated carbocycles. The van der Waals surface area contributed by atoms with E-state index >= 15 is 0 Å². The van der Waals surface area contributed by atoms with Crippen molar-refractivity contribution in [1.29, 1.82) is 0 Å². The van der Waals surface area contributed by atoms with Crippen molar-refractivity contribution < 1.29 is 19.5 Å². The van der Waals surface area contributed by atoms with Gasteiger partial charge in [-0.05, 0) is 25.2 Å². The predicted molar refractivity (Wildman–Crippen MR) is 78.8 cm³/mol. The predicted octanol–water partition coefficient (Wildman–Crippen LogP) is 2.38. The molecule has 0 bridgehead atoms. The van der Waals surface area contributed by atoms with Crippen molar-refractivity contribution >= 4 is 17.9 Å². The monoisotopic (exact) mass is 298 g/mol. The van der Waals surface area contributed by atoms with Crippen molar-refractivity contribution in [3.05, 3.63) is 0 Å². The number of carboxylic acid groups (broad SMARTS) is 1. The van der Waals surface area contributed by atoms with Gasteiger partial charge in [0.1, 0.15) is 0 Å². The van der Waals surface area contributed by atoms with Gasteiger partial charge in [-0.15, -0.1) is 0 Å². The first kappa shape index (κ1) is 17.5. The van der Waals surface area contributed by atoms with Crippen LogP contribution in [0, 0.1) is 5.92 Å². The maximum atomic E-state index is 12.2. The molecule has 6 heteroatoms. The van der Waals surface area contributed by atoms with Gasteiger partial charge in [-0.2, -0.15) is 0 Å². The zero-order chi connectivity index (χ0) is 15.8. The summed E-state index contributed by atoms with van der Waals surface area (Å²) >= 11 is 0. The van der Waals surface area contributed by atoms with Crippen molar-refractivity contribution in [2.45, 2.75) is 64.8 Å². The fourth-order valence-corrected chi connectivity index (χ4v) is 2.80. The molecule has 0 spiro atoms. The topological polar surface area (TPSA) is 86.7 Å². The molecule has 0 aromatic carbocycles. The molecule has 2 N–H and O–H groups in total. The molecule has 0 aromatic rings. The lowest BCUT2D eigenvalue weighted by Gasteiger charge is -2.29. The molecule has 1 fully saturated rings. The first-order valence-corrected chi connectivity index (χ1v) is 7.76. The number of carbonyl (C=O) groups is 3. The molecule has 2 unspecified atom stereocenters. The molecule has 21 heavy (non-hydrogen) atoms. The van der Waals surface area contributed by atoms with Crippen LogP contribution in [0.5, 0.6) is 0 Å². The molecule has 120 valence electrons. The minimum Gasteiger partial charge on any atom is -0.481 e. The van der Waals surface area contributed by atoms with Crippen LogP contribution in [0.3, 0.4) is 0 Å². The maximum absolute atomic E-state index is 12.2. The number of nitrogens with one attached hydrogen (secondary N) is 1. The summed E-state index contributed by atoms with van der Waals surface area (Å²) in [4.78, 5) is 36.4. The molecule has 2 atom stereocenters. The van der Waals surface area contributed by atoms with Crippen LogP contribution in [-0.4, -0.2) is 40.5 Å². The summed E-state index contributed by atoms with van der Waals surface area (Å²) in [6.07, 6.45) is 5.05. The summed E-state index contributed by atoms with van der Waals surface area (Å²) in [5, 5.41) is 11.1. The van der Waals surface area contributed by atoms with Crippen molar-refractivity contribution in [3.8, 4) is 0 Å². The van der Waals surface area contributed by atoms with Crippen molar-refractivity contribution in [2.24, 2.45) is 5.92 Å². The number of amides is 3. The van der Waals surface area contributed by atoms with Crippen LogP contribution < -0.4 is 5.32 Å². The van der Waals surface area contributed by atoms with Crippen LogP contribution in [0.15, 0.2) is 0 Å². The third-order valence-electron chi connectivity index (χ3n) is 3.91. The largest absolute Gasteiger partial charge is 0.481 e. The molecular weight excluding hydrogens is 272 g/mol. The third kappa shape index (κ3) is 6.14. The Hall–Kier alpha value is -1.59. The molecular formula is C15H26N2O4. The van der Waals surface area contributed by atoms with Crippen molar-refractivity contribution in [1.82, 2.24) is 10.2 Å². The van der Waals surface area contributed by atoms with E-state index in [1.165, 1.54) is 0 Å². The summed E-state index contributed by atoms with van der Waals surface area (Å²) < 4.78 is 0. The molecule has 3 amide bonds. The Bertz CT molecular complexity index is 384. The number of likely N-dealkylation sites (tertiary alicyclic amines) is 1. The molecule has 1 aliphatic rings. The number of hydrogen-bond donors (Lipinski definition) is 2. The van der Waals surface area contributed by atoms with E-state index in [0.717, 1.165) is 32.1 Å². The van der Waals surface area contributed by atoms with Gasteiger partial charge in [-0.1, -0.05) is 26.7 Å². The Labute approximate surface area is 125 Å². The van der Waals surface area contributed by atoms with E-state index in [2.05, 4.69) is 5.32 Å². The Morgan fingerprint density at radius 1 is 1.24 bits per heavy atom. The van der Waals surface area contributed by atoms with Crippen LogP contribution >= 0.6 is 0 Å². The standard InChI is InChI=1S/C15H26N2O4/c1-3-12-7-5-4-6-8-17(12)15(21)16-13(18)9-11(2)10-14(19)20/h11-12H,3-10H2,1-2H3,(H,19,20)(H,16,18,21). The zero-order valence-electron chi connectivity index (χ0n) is 12.9. The summed E-state index contributed by atoms with van der Waals surface area (Å²) in [7, 11) is 0. The van der Waals surface area contributed by atoms with E-state index < -0.39 is 11.9 Å². The molecule has 0 aromatic heterocycles. The highest BCUT2D eigenvalue weighted by Crippen LogP contribution is 2.19. The number of rotatable bonds is 5. The van der Waals surface area contributed by atoms with Gasteiger partial charge >= 0.3 is 12.0 Å². The van der Waals surface area contributed by atoms with E-state index in [1.54, 1.807) is 11.8 Å². The van der Waals surface area contributed by atoms with E-state index in [0.29, 0.717) is 6.54 Å². The second-order valence-corrected chi connectivity index (χ2v) is 5.87. The maximum Gasteiger partial charge on any atom is 0.324 e. The minimum absolute atomic E-state index is 0.0582. The first-order chi connectivity index (χ1) is 9.93. The lowest BCUT2D eigenvalue weighted by molar-refractivity contribution is -0.138. The van der Waals surface area contributed by atoms with Gasteiger partial charge in [0.25, 0.3) is 0 Å². The van der Waals surface area contributed by atoms with Crippen molar-refractivity contribution in [2.75, 3.05) is 6.54 Å². The number of aliphatic carboxylic acids is 1. The number of urea groups is 1. The van der Waals surface area contributed by atoms with Crippen LogP contribution in [0.2, 0.25) is 0 Å². The van der Waals surface area contributed by atoms with Crippen LogP contribution in [0.4, 0.5) is 4.79 Å². The average molecular weight is 298 g/mol. The highest BCUT2D eigenvalue weighted by atomic mass is 16.4. The fourth-order valence-electron chi connectivity index (χ4n) is 2.80. The summed E-state index contributed by atoms with van der Waals surface area (Å²) in [6, 6.07) is -0.145. The lowest BCUT2D eigenvalue weighted by Crippen LogP contribution is -2.47. The minimum atomic E-state index is -0.930. The number of hydrogen-bond acceptors (Lipinski definition) is 3. The molecule has 6 nitrogen and oxygen atoms in total. The molecule has 0 aliphatic carbocycles. The molecule has 0 radical (unpaired) electrons. The van der Waals surface area contributed by atoms with E-state index in [-0.39, 0.29) is 30.8 Å². The molecule has 1 aliphatic heterocycles. The van der Waals surface area contributed by atoms with Gasteiger partial charge in [0.2, 0.25) is 5.91 Å². The molecule has 1 saturated heterocycles. The summed E-state index contributed by atoms with van der Waals surface area (Å²) in [5.74, 6) is -1.60. The number of nitrogens with zero attached hydrogens (tertiary/aromatic N) is 1. The second-order valence-electron chi connectivity index (χ2n) is 5.87. The Morgan fingerprint density at radius 2 is 1.95 bits per heavy atom.